The first-order valence-corrected chi connectivity index (χ1v) is 7.95. The Morgan fingerprint density at radius 2 is 2.23 bits per heavy atom. The van der Waals surface area contributed by atoms with Crippen LogP contribution >= 0.6 is 35.8 Å². The number of benzene rings is 1. The van der Waals surface area contributed by atoms with Gasteiger partial charge in [0.05, 0.1) is 18.2 Å². The molecular formula is C15H19Cl2N3OS. The number of nitrogens with zero attached hydrogens (tertiary/aromatic N) is 2. The van der Waals surface area contributed by atoms with Gasteiger partial charge in [0, 0.05) is 35.0 Å². The van der Waals surface area contributed by atoms with Crippen molar-refractivity contribution >= 4 is 51.8 Å². The highest BCUT2D eigenvalue weighted by molar-refractivity contribution is 8.13. The van der Waals surface area contributed by atoms with E-state index in [0.717, 1.165) is 16.5 Å². The largest absolute Gasteiger partial charge is 0.382 e. The number of aromatic nitrogens is 1. The average Bonchev–Trinajstić information content (AvgIpc) is 2.46. The monoisotopic (exact) mass is 359 g/mol. The highest BCUT2D eigenvalue weighted by Crippen LogP contribution is 2.28. The van der Waals surface area contributed by atoms with Gasteiger partial charge in [-0.15, -0.1) is 12.4 Å². The number of amidine groups is 1. The number of methoxy groups -OCH3 is 1. The number of hydrogen-bond donors (Lipinski definition) is 1. The zero-order valence-corrected chi connectivity index (χ0v) is 14.8. The fraction of sp³-hybridized carbons (Fsp3) is 0.333. The van der Waals surface area contributed by atoms with Gasteiger partial charge in [0.25, 0.3) is 0 Å². The second kappa shape index (κ2) is 9.20. The molecular weight excluding hydrogens is 341 g/mol. The minimum absolute atomic E-state index is 0. The second-order valence-electron chi connectivity index (χ2n) is 4.66. The summed E-state index contributed by atoms with van der Waals surface area (Å²) in [6, 6.07) is 7.84. The van der Waals surface area contributed by atoms with Crippen LogP contribution in [0.1, 0.15) is 12.5 Å². The van der Waals surface area contributed by atoms with E-state index in [1.807, 2.05) is 31.2 Å². The minimum Gasteiger partial charge on any atom is -0.382 e. The van der Waals surface area contributed by atoms with Crippen LogP contribution in [0.5, 0.6) is 0 Å². The lowest BCUT2D eigenvalue weighted by atomic mass is 10.1. The van der Waals surface area contributed by atoms with Gasteiger partial charge in [0.15, 0.2) is 5.17 Å². The van der Waals surface area contributed by atoms with Crippen molar-refractivity contribution in [2.24, 2.45) is 10.7 Å². The smallest absolute Gasteiger partial charge is 0.154 e. The Morgan fingerprint density at radius 1 is 1.45 bits per heavy atom. The van der Waals surface area contributed by atoms with Gasteiger partial charge < -0.3 is 10.5 Å². The molecule has 4 nitrogen and oxygen atoms in total. The van der Waals surface area contributed by atoms with E-state index in [-0.39, 0.29) is 18.4 Å². The summed E-state index contributed by atoms with van der Waals surface area (Å²) in [7, 11) is 1.65. The van der Waals surface area contributed by atoms with Gasteiger partial charge in [-0.3, -0.25) is 9.98 Å². The van der Waals surface area contributed by atoms with Gasteiger partial charge in [-0.2, -0.15) is 0 Å². The molecule has 1 heterocycles. The van der Waals surface area contributed by atoms with E-state index in [2.05, 4.69) is 9.98 Å². The lowest BCUT2D eigenvalue weighted by molar-refractivity contribution is 0.186. The summed E-state index contributed by atoms with van der Waals surface area (Å²) in [5.41, 5.74) is 7.84. The Balaban J connectivity index is 0.00000242. The first-order valence-electron chi connectivity index (χ1n) is 6.59. The fourth-order valence-corrected chi connectivity index (χ4v) is 3.13. The normalized spacial score (nSPS) is 13.0. The standard InChI is InChI=1S/C15H18ClN3OS.ClH/c1-10(8-20-2)19-15(17)21-9-12-13(16)6-5-11-4-3-7-18-14(11)12;/h3-7,10H,8-9H2,1-2H3,(H2,17,19);1H. The molecule has 1 aromatic heterocycles. The molecule has 0 saturated carbocycles. The van der Waals surface area contributed by atoms with Crippen molar-refractivity contribution in [2.75, 3.05) is 13.7 Å². The molecule has 22 heavy (non-hydrogen) atoms. The number of fused-ring (bicyclic) bond motifs is 1. The van der Waals surface area contributed by atoms with Crippen molar-refractivity contribution in [1.29, 1.82) is 0 Å². The van der Waals surface area contributed by atoms with Crippen molar-refractivity contribution < 1.29 is 4.74 Å². The van der Waals surface area contributed by atoms with Gasteiger partial charge in [0.2, 0.25) is 0 Å². The number of thioether (sulfide) groups is 1. The van der Waals surface area contributed by atoms with Crippen LogP contribution in [0.3, 0.4) is 0 Å². The SMILES string of the molecule is COCC(C)N=C(N)SCc1c(Cl)ccc2cccnc12.Cl. The highest BCUT2D eigenvalue weighted by atomic mass is 35.5. The Bertz CT molecular complexity index is 652. The molecule has 0 spiro atoms. The van der Waals surface area contributed by atoms with Gasteiger partial charge in [-0.1, -0.05) is 35.5 Å². The Hall–Kier alpha value is -1.01. The lowest BCUT2D eigenvalue weighted by Gasteiger charge is -2.09. The van der Waals surface area contributed by atoms with Crippen LogP contribution in [0.2, 0.25) is 5.02 Å². The van der Waals surface area contributed by atoms with Crippen molar-refractivity contribution in [3.8, 4) is 0 Å². The van der Waals surface area contributed by atoms with Crippen LogP contribution < -0.4 is 5.73 Å². The van der Waals surface area contributed by atoms with Crippen molar-refractivity contribution in [2.45, 2.75) is 18.7 Å². The first-order chi connectivity index (χ1) is 10.1. The zero-order valence-electron chi connectivity index (χ0n) is 12.5. The van der Waals surface area contributed by atoms with Crippen molar-refractivity contribution in [3.05, 3.63) is 41.0 Å². The predicted octanol–water partition coefficient (Wildman–Crippen LogP) is 3.89. The number of halogens is 2. The third-order valence-corrected chi connectivity index (χ3v) is 4.13. The second-order valence-corrected chi connectivity index (χ2v) is 6.06. The van der Waals surface area contributed by atoms with E-state index in [1.54, 1.807) is 13.3 Å². The van der Waals surface area contributed by atoms with Crippen molar-refractivity contribution in [1.82, 2.24) is 4.98 Å². The fourth-order valence-electron chi connectivity index (χ4n) is 2.00. The first kappa shape index (κ1) is 19.0. The van der Waals surface area contributed by atoms with E-state index < -0.39 is 0 Å². The lowest BCUT2D eigenvalue weighted by Crippen LogP contribution is -2.15. The number of ether oxygens (including phenoxy) is 1. The van der Waals surface area contributed by atoms with Crippen LogP contribution in [-0.4, -0.2) is 29.9 Å². The third kappa shape index (κ3) is 5.02. The topological polar surface area (TPSA) is 60.5 Å². The zero-order chi connectivity index (χ0) is 15.2. The van der Waals surface area contributed by atoms with Gasteiger partial charge >= 0.3 is 0 Å². The third-order valence-electron chi connectivity index (χ3n) is 2.94. The van der Waals surface area contributed by atoms with Crippen molar-refractivity contribution in [3.63, 3.8) is 0 Å². The Kier molecular flexibility index (Phi) is 7.96. The predicted molar refractivity (Wildman–Crippen MR) is 98.3 cm³/mol. The maximum Gasteiger partial charge on any atom is 0.154 e. The molecule has 120 valence electrons. The van der Waals surface area contributed by atoms with Gasteiger partial charge in [0.1, 0.15) is 0 Å². The molecule has 0 amide bonds. The van der Waals surface area contributed by atoms with E-state index in [1.165, 1.54) is 11.8 Å². The number of rotatable bonds is 5. The molecule has 0 bridgehead atoms. The van der Waals surface area contributed by atoms with Crippen LogP contribution in [-0.2, 0) is 10.5 Å². The number of aliphatic imine (C=N–C) groups is 1. The van der Waals surface area contributed by atoms with Crippen LogP contribution in [0.4, 0.5) is 0 Å². The summed E-state index contributed by atoms with van der Waals surface area (Å²) in [6.45, 7) is 2.52. The van der Waals surface area contributed by atoms with E-state index in [9.17, 15) is 0 Å². The Labute approximate surface area is 145 Å². The Morgan fingerprint density at radius 3 is 2.95 bits per heavy atom. The molecule has 0 aliphatic rings. The number of pyridine rings is 1. The molecule has 0 aliphatic carbocycles. The minimum atomic E-state index is 0. The van der Waals surface area contributed by atoms with E-state index in [4.69, 9.17) is 22.1 Å². The molecule has 0 radical (unpaired) electrons. The summed E-state index contributed by atoms with van der Waals surface area (Å²) < 4.78 is 5.04. The molecule has 2 rings (SSSR count). The van der Waals surface area contributed by atoms with Crippen LogP contribution in [0, 0.1) is 0 Å². The molecule has 2 aromatic rings. The summed E-state index contributed by atoms with van der Waals surface area (Å²) in [5.74, 6) is 0.641. The number of hydrogen-bond acceptors (Lipinski definition) is 4. The molecule has 2 N–H and O–H groups in total. The molecule has 1 aromatic carbocycles. The molecule has 1 atom stereocenters. The van der Waals surface area contributed by atoms with E-state index >= 15 is 0 Å². The van der Waals surface area contributed by atoms with Gasteiger partial charge in [-0.25, -0.2) is 0 Å². The quantitative estimate of drug-likeness (QED) is 0.649. The average molecular weight is 360 g/mol. The summed E-state index contributed by atoms with van der Waals surface area (Å²) >= 11 is 7.75. The molecule has 7 heteroatoms. The van der Waals surface area contributed by atoms with Crippen LogP contribution in [0.25, 0.3) is 10.9 Å². The number of nitrogens with two attached hydrogens (primary N) is 1. The molecule has 0 aliphatic heterocycles. The summed E-state index contributed by atoms with van der Waals surface area (Å²) in [5, 5.41) is 2.30. The molecule has 0 saturated heterocycles. The highest BCUT2D eigenvalue weighted by Gasteiger charge is 2.09. The maximum atomic E-state index is 6.29. The van der Waals surface area contributed by atoms with Gasteiger partial charge in [-0.05, 0) is 19.1 Å². The molecule has 1 unspecified atom stereocenters. The van der Waals surface area contributed by atoms with Crippen LogP contribution in [0.15, 0.2) is 35.5 Å². The van der Waals surface area contributed by atoms with E-state index in [0.29, 0.717) is 22.6 Å². The maximum absolute atomic E-state index is 6.29. The summed E-state index contributed by atoms with van der Waals surface area (Å²) in [4.78, 5) is 8.77. The molecule has 0 fully saturated rings. The summed E-state index contributed by atoms with van der Waals surface area (Å²) in [6.07, 6.45) is 1.77.